The molecule has 31 heavy (non-hydrogen) atoms. The Labute approximate surface area is 189 Å². The zero-order chi connectivity index (χ0) is 22.0. The Kier molecular flexibility index (Phi) is 6.08. The molecule has 0 saturated heterocycles. The normalized spacial score (nSPS) is 13.4. The van der Waals surface area contributed by atoms with Crippen LogP contribution in [-0.4, -0.2) is 10.5 Å². The van der Waals surface area contributed by atoms with E-state index in [0.717, 1.165) is 51.7 Å². The van der Waals surface area contributed by atoms with Gasteiger partial charge in [0, 0.05) is 21.1 Å². The molecule has 3 aromatic rings. The first-order chi connectivity index (χ1) is 15.0. The molecule has 0 spiro atoms. The standard InChI is InChI=1S/C24H22N4OS2/c1-15-10-17(11-18(12-25)23(29)27-14-19-6-5-9-30-19)16(2)28(15)24-21(13-26)20-7-3-4-8-22(20)31-24/h5-6,9-11H,3-4,7-8,14H2,1-2H3,(H,27,29)/b18-11+. The van der Waals surface area contributed by atoms with E-state index in [9.17, 15) is 15.3 Å². The second-order valence-electron chi connectivity index (χ2n) is 7.60. The molecule has 0 radical (unpaired) electrons. The van der Waals surface area contributed by atoms with Gasteiger partial charge in [-0.2, -0.15) is 10.5 Å². The molecule has 0 fully saturated rings. The smallest absolute Gasteiger partial charge is 0.262 e. The van der Waals surface area contributed by atoms with Gasteiger partial charge in [0.25, 0.3) is 5.91 Å². The molecule has 0 saturated carbocycles. The molecule has 0 aromatic carbocycles. The lowest BCUT2D eigenvalue weighted by atomic mass is 9.96. The van der Waals surface area contributed by atoms with Gasteiger partial charge in [-0.15, -0.1) is 22.7 Å². The van der Waals surface area contributed by atoms with Crippen molar-refractivity contribution in [2.75, 3.05) is 0 Å². The number of aryl methyl sites for hydroxylation is 2. The number of hydrogen-bond acceptors (Lipinski definition) is 5. The van der Waals surface area contributed by atoms with Crippen molar-refractivity contribution in [1.29, 1.82) is 10.5 Å². The summed E-state index contributed by atoms with van der Waals surface area (Å²) in [7, 11) is 0. The highest BCUT2D eigenvalue weighted by molar-refractivity contribution is 7.15. The van der Waals surface area contributed by atoms with E-state index in [1.807, 2.05) is 43.5 Å². The van der Waals surface area contributed by atoms with E-state index in [1.54, 1.807) is 28.7 Å². The highest BCUT2D eigenvalue weighted by Gasteiger charge is 2.24. The molecule has 4 rings (SSSR count). The summed E-state index contributed by atoms with van der Waals surface area (Å²) >= 11 is 3.26. The van der Waals surface area contributed by atoms with Crippen LogP contribution in [0.1, 0.15) is 50.7 Å². The van der Waals surface area contributed by atoms with Crippen molar-refractivity contribution in [3.05, 3.63) is 67.0 Å². The fourth-order valence-electron chi connectivity index (χ4n) is 4.05. The molecule has 7 heteroatoms. The maximum Gasteiger partial charge on any atom is 0.262 e. The number of carbonyl (C=O) groups is 1. The van der Waals surface area contributed by atoms with E-state index < -0.39 is 0 Å². The number of hydrogen-bond donors (Lipinski definition) is 1. The van der Waals surface area contributed by atoms with Crippen LogP contribution in [-0.2, 0) is 24.2 Å². The molecule has 156 valence electrons. The highest BCUT2D eigenvalue weighted by Crippen LogP contribution is 2.38. The van der Waals surface area contributed by atoms with Crippen LogP contribution in [0.25, 0.3) is 11.1 Å². The number of amides is 1. The van der Waals surface area contributed by atoms with Gasteiger partial charge in [-0.3, -0.25) is 4.79 Å². The van der Waals surface area contributed by atoms with E-state index in [0.29, 0.717) is 6.54 Å². The maximum absolute atomic E-state index is 12.5. The molecule has 3 aromatic heterocycles. The number of nitrogens with one attached hydrogen (secondary N) is 1. The van der Waals surface area contributed by atoms with Gasteiger partial charge in [0.05, 0.1) is 12.1 Å². The number of carbonyl (C=O) groups excluding carboxylic acids is 1. The summed E-state index contributed by atoms with van der Waals surface area (Å²) in [6, 6.07) is 10.3. The van der Waals surface area contributed by atoms with Crippen molar-refractivity contribution in [2.24, 2.45) is 0 Å². The molecule has 5 nitrogen and oxygen atoms in total. The van der Waals surface area contributed by atoms with Gasteiger partial charge in [0.2, 0.25) is 0 Å². The number of rotatable bonds is 5. The minimum Gasteiger partial charge on any atom is -0.347 e. The van der Waals surface area contributed by atoms with E-state index in [2.05, 4.69) is 16.0 Å². The molecule has 0 aliphatic heterocycles. The third-order valence-electron chi connectivity index (χ3n) is 5.61. The fraction of sp³-hybridized carbons (Fsp3) is 0.292. The number of nitriles is 2. The molecular formula is C24H22N4OS2. The van der Waals surface area contributed by atoms with Crippen LogP contribution in [0.2, 0.25) is 0 Å². The first-order valence-electron chi connectivity index (χ1n) is 10.2. The Morgan fingerprint density at radius 2 is 2.10 bits per heavy atom. The Balaban J connectivity index is 1.67. The van der Waals surface area contributed by atoms with E-state index in [-0.39, 0.29) is 11.5 Å². The molecule has 1 aliphatic carbocycles. The number of nitrogens with zero attached hydrogens (tertiary/aromatic N) is 3. The number of thiophene rings is 2. The highest BCUT2D eigenvalue weighted by atomic mass is 32.1. The Bertz CT molecular complexity index is 1250. The van der Waals surface area contributed by atoms with E-state index >= 15 is 0 Å². The fourth-order valence-corrected chi connectivity index (χ4v) is 6.15. The van der Waals surface area contributed by atoms with E-state index in [1.165, 1.54) is 16.9 Å². The predicted octanol–water partition coefficient (Wildman–Crippen LogP) is 5.19. The van der Waals surface area contributed by atoms with Crippen molar-refractivity contribution >= 4 is 34.7 Å². The third kappa shape index (κ3) is 4.07. The summed E-state index contributed by atoms with van der Waals surface area (Å²) in [6.07, 6.45) is 5.93. The Hall–Kier alpha value is -3.13. The number of fused-ring (bicyclic) bond motifs is 1. The van der Waals surface area contributed by atoms with Crippen molar-refractivity contribution in [3.63, 3.8) is 0 Å². The monoisotopic (exact) mass is 446 g/mol. The SMILES string of the molecule is Cc1cc(/C=C(\C#N)C(=O)NCc2cccs2)c(C)n1-c1sc2c(c1C#N)CCCC2. The molecule has 0 unspecified atom stereocenters. The Morgan fingerprint density at radius 1 is 1.29 bits per heavy atom. The average molecular weight is 447 g/mol. The summed E-state index contributed by atoms with van der Waals surface area (Å²) in [5.41, 5.74) is 4.76. The van der Waals surface area contributed by atoms with E-state index in [4.69, 9.17) is 0 Å². The van der Waals surface area contributed by atoms with Crippen molar-refractivity contribution < 1.29 is 4.79 Å². The largest absolute Gasteiger partial charge is 0.347 e. The first-order valence-corrected chi connectivity index (χ1v) is 11.9. The Morgan fingerprint density at radius 3 is 2.81 bits per heavy atom. The summed E-state index contributed by atoms with van der Waals surface area (Å²) in [5.74, 6) is -0.384. The van der Waals surface area contributed by atoms with Gasteiger partial charge in [0.1, 0.15) is 22.7 Å². The van der Waals surface area contributed by atoms with Gasteiger partial charge < -0.3 is 9.88 Å². The van der Waals surface area contributed by atoms with Crippen LogP contribution < -0.4 is 5.32 Å². The lowest BCUT2D eigenvalue weighted by molar-refractivity contribution is -0.117. The molecule has 1 N–H and O–H groups in total. The molecule has 0 atom stereocenters. The average Bonchev–Trinajstić information content (AvgIpc) is 3.48. The van der Waals surface area contributed by atoms with Crippen LogP contribution in [0.15, 0.2) is 29.2 Å². The van der Waals surface area contributed by atoms with Gasteiger partial charge in [-0.1, -0.05) is 6.07 Å². The predicted molar refractivity (Wildman–Crippen MR) is 124 cm³/mol. The van der Waals surface area contributed by atoms with Crippen LogP contribution in [0.3, 0.4) is 0 Å². The lowest BCUT2D eigenvalue weighted by Gasteiger charge is -2.10. The van der Waals surface area contributed by atoms with Crippen molar-refractivity contribution in [3.8, 4) is 17.1 Å². The first kappa shape index (κ1) is 21.1. The maximum atomic E-state index is 12.5. The summed E-state index contributed by atoms with van der Waals surface area (Å²) in [4.78, 5) is 14.9. The van der Waals surface area contributed by atoms with Crippen LogP contribution >= 0.6 is 22.7 Å². The second kappa shape index (κ2) is 8.93. The lowest BCUT2D eigenvalue weighted by Crippen LogP contribution is -2.23. The minimum atomic E-state index is -0.384. The van der Waals surface area contributed by atoms with Gasteiger partial charge in [-0.25, -0.2) is 0 Å². The molecule has 3 heterocycles. The molecular weight excluding hydrogens is 424 g/mol. The molecule has 1 amide bonds. The topological polar surface area (TPSA) is 81.6 Å². The number of aromatic nitrogens is 1. The second-order valence-corrected chi connectivity index (χ2v) is 9.71. The van der Waals surface area contributed by atoms with Crippen LogP contribution in [0.4, 0.5) is 0 Å². The van der Waals surface area contributed by atoms with Gasteiger partial charge in [0.15, 0.2) is 0 Å². The zero-order valence-electron chi connectivity index (χ0n) is 17.5. The zero-order valence-corrected chi connectivity index (χ0v) is 19.1. The van der Waals surface area contributed by atoms with Crippen molar-refractivity contribution in [1.82, 2.24) is 9.88 Å². The van der Waals surface area contributed by atoms with Gasteiger partial charge >= 0.3 is 0 Å². The summed E-state index contributed by atoms with van der Waals surface area (Å²) in [5, 5.41) is 25.1. The van der Waals surface area contributed by atoms with Crippen LogP contribution in [0.5, 0.6) is 0 Å². The van der Waals surface area contributed by atoms with Crippen molar-refractivity contribution in [2.45, 2.75) is 46.1 Å². The molecule has 1 aliphatic rings. The molecule has 0 bridgehead atoms. The minimum absolute atomic E-state index is 0.0720. The van der Waals surface area contributed by atoms with Crippen LogP contribution in [0, 0.1) is 36.5 Å². The quantitative estimate of drug-likeness (QED) is 0.432. The summed E-state index contributed by atoms with van der Waals surface area (Å²) < 4.78 is 2.09. The van der Waals surface area contributed by atoms with Gasteiger partial charge in [-0.05, 0) is 74.2 Å². The third-order valence-corrected chi connectivity index (χ3v) is 7.76. The summed E-state index contributed by atoms with van der Waals surface area (Å²) in [6.45, 7) is 4.37.